The van der Waals surface area contributed by atoms with Gasteiger partial charge in [0.25, 0.3) is 0 Å². The Morgan fingerprint density at radius 2 is 2.04 bits per heavy atom. The van der Waals surface area contributed by atoms with Gasteiger partial charge < -0.3 is 11.2 Å². The van der Waals surface area contributed by atoms with E-state index in [0.29, 0.717) is 21.7 Å². The van der Waals surface area contributed by atoms with Crippen molar-refractivity contribution < 1.29 is 4.79 Å². The zero-order valence-corrected chi connectivity index (χ0v) is 14.9. The Bertz CT molecular complexity index is 899. The summed E-state index contributed by atoms with van der Waals surface area (Å²) in [6.07, 6.45) is 3.30. The first-order valence-electron chi connectivity index (χ1n) is 7.34. The number of halogens is 1. The van der Waals surface area contributed by atoms with E-state index in [2.05, 4.69) is 20.5 Å². The van der Waals surface area contributed by atoms with Gasteiger partial charge in [-0.25, -0.2) is 4.68 Å². The summed E-state index contributed by atoms with van der Waals surface area (Å²) in [5, 5.41) is 11.9. The number of pyridine rings is 1. The van der Waals surface area contributed by atoms with Crippen LogP contribution in [0.3, 0.4) is 0 Å². The van der Waals surface area contributed by atoms with Gasteiger partial charge in [0.15, 0.2) is 5.82 Å². The van der Waals surface area contributed by atoms with Crippen molar-refractivity contribution in [1.29, 1.82) is 0 Å². The fourth-order valence-corrected chi connectivity index (χ4v) is 2.91. The number of rotatable bonds is 5. The van der Waals surface area contributed by atoms with Gasteiger partial charge >= 0.3 is 0 Å². The highest BCUT2D eigenvalue weighted by atomic mass is 35.5. The number of carbonyl (C=O) groups is 1. The SMILES string of the molecule is Cc1ccc(NC(=O)CSc2nnc(-c3ccncc3)n2N)cc1Cl. The third kappa shape index (κ3) is 4.09. The maximum atomic E-state index is 12.1. The Morgan fingerprint density at radius 1 is 1.28 bits per heavy atom. The van der Waals surface area contributed by atoms with Crippen LogP contribution >= 0.6 is 23.4 Å². The van der Waals surface area contributed by atoms with Gasteiger partial charge in [-0.3, -0.25) is 9.78 Å². The summed E-state index contributed by atoms with van der Waals surface area (Å²) in [7, 11) is 0. The second-order valence-electron chi connectivity index (χ2n) is 5.21. The van der Waals surface area contributed by atoms with Crippen molar-refractivity contribution in [1.82, 2.24) is 19.9 Å². The largest absolute Gasteiger partial charge is 0.335 e. The Kier molecular flexibility index (Phi) is 5.20. The molecule has 1 aromatic carbocycles. The lowest BCUT2D eigenvalue weighted by atomic mass is 10.2. The number of nitrogens with zero attached hydrogens (tertiary/aromatic N) is 4. The van der Waals surface area contributed by atoms with Crippen LogP contribution in [-0.4, -0.2) is 31.5 Å². The van der Waals surface area contributed by atoms with E-state index in [1.165, 1.54) is 16.4 Å². The Hall–Kier alpha value is -2.58. The first kappa shape index (κ1) is 17.2. The van der Waals surface area contributed by atoms with Crippen molar-refractivity contribution in [2.45, 2.75) is 12.1 Å². The number of nitrogen functional groups attached to an aromatic ring is 1. The molecule has 128 valence electrons. The molecule has 9 heteroatoms. The highest BCUT2D eigenvalue weighted by molar-refractivity contribution is 7.99. The number of hydrogen-bond donors (Lipinski definition) is 2. The maximum Gasteiger partial charge on any atom is 0.234 e. The summed E-state index contributed by atoms with van der Waals surface area (Å²) in [4.78, 5) is 16.0. The lowest BCUT2D eigenvalue weighted by Gasteiger charge is -2.07. The van der Waals surface area contributed by atoms with Gasteiger partial charge in [-0.15, -0.1) is 10.2 Å². The van der Waals surface area contributed by atoms with E-state index in [0.717, 1.165) is 11.1 Å². The van der Waals surface area contributed by atoms with Gasteiger partial charge in [-0.2, -0.15) is 0 Å². The number of nitrogens with one attached hydrogen (secondary N) is 1. The van der Waals surface area contributed by atoms with E-state index in [9.17, 15) is 4.79 Å². The molecule has 0 spiro atoms. The Balaban J connectivity index is 1.63. The number of carbonyl (C=O) groups excluding carboxylic acids is 1. The molecule has 0 aliphatic carbocycles. The highest BCUT2D eigenvalue weighted by Crippen LogP contribution is 2.22. The normalized spacial score (nSPS) is 10.6. The number of aryl methyl sites for hydroxylation is 1. The lowest BCUT2D eigenvalue weighted by Crippen LogP contribution is -2.16. The molecule has 0 aliphatic rings. The minimum atomic E-state index is -0.182. The molecule has 1 amide bonds. The zero-order valence-electron chi connectivity index (χ0n) is 13.3. The first-order valence-corrected chi connectivity index (χ1v) is 8.70. The molecule has 0 fully saturated rings. The van der Waals surface area contributed by atoms with Gasteiger partial charge in [-0.1, -0.05) is 29.4 Å². The minimum absolute atomic E-state index is 0.150. The number of anilines is 1. The molecule has 0 bridgehead atoms. The zero-order chi connectivity index (χ0) is 17.8. The van der Waals surface area contributed by atoms with Crippen LogP contribution < -0.4 is 11.2 Å². The molecule has 7 nitrogen and oxygen atoms in total. The van der Waals surface area contributed by atoms with Crippen LogP contribution in [0, 0.1) is 6.92 Å². The van der Waals surface area contributed by atoms with Gasteiger partial charge in [-0.05, 0) is 36.8 Å². The third-order valence-corrected chi connectivity index (χ3v) is 4.74. The summed E-state index contributed by atoms with van der Waals surface area (Å²) >= 11 is 7.25. The molecule has 0 saturated carbocycles. The third-order valence-electron chi connectivity index (χ3n) is 3.39. The molecule has 2 aromatic heterocycles. The van der Waals surface area contributed by atoms with Crippen LogP contribution in [0.15, 0.2) is 47.9 Å². The predicted octanol–water partition coefficient (Wildman–Crippen LogP) is 2.75. The lowest BCUT2D eigenvalue weighted by molar-refractivity contribution is -0.113. The van der Waals surface area contributed by atoms with Crippen molar-refractivity contribution in [2.24, 2.45) is 0 Å². The van der Waals surface area contributed by atoms with Crippen LogP contribution in [0.2, 0.25) is 5.02 Å². The molecule has 3 N–H and O–H groups in total. The van der Waals surface area contributed by atoms with Crippen molar-refractivity contribution in [2.75, 3.05) is 16.9 Å². The van der Waals surface area contributed by atoms with Crippen molar-refractivity contribution >= 4 is 35.0 Å². The second kappa shape index (κ2) is 7.54. The van der Waals surface area contributed by atoms with E-state index < -0.39 is 0 Å². The van der Waals surface area contributed by atoms with Crippen molar-refractivity contribution in [3.05, 3.63) is 53.3 Å². The number of aromatic nitrogens is 4. The molecule has 25 heavy (non-hydrogen) atoms. The van der Waals surface area contributed by atoms with Gasteiger partial charge in [0, 0.05) is 28.7 Å². The monoisotopic (exact) mass is 374 g/mol. The van der Waals surface area contributed by atoms with E-state index in [1.807, 2.05) is 13.0 Å². The summed E-state index contributed by atoms with van der Waals surface area (Å²) in [6, 6.07) is 8.94. The molecule has 3 rings (SSSR count). The number of benzene rings is 1. The molecule has 0 radical (unpaired) electrons. The minimum Gasteiger partial charge on any atom is -0.335 e. The quantitative estimate of drug-likeness (QED) is 0.526. The van der Waals surface area contributed by atoms with Crippen molar-refractivity contribution in [3.8, 4) is 11.4 Å². The average molecular weight is 375 g/mol. The van der Waals surface area contributed by atoms with E-state index in [4.69, 9.17) is 17.4 Å². The molecule has 3 aromatic rings. The van der Waals surface area contributed by atoms with Gasteiger partial charge in [0.1, 0.15) is 0 Å². The fourth-order valence-electron chi connectivity index (χ4n) is 2.07. The number of amides is 1. The summed E-state index contributed by atoms with van der Waals surface area (Å²) in [6.45, 7) is 1.90. The fraction of sp³-hybridized carbons (Fsp3) is 0.125. The Labute approximate surface area is 153 Å². The van der Waals surface area contributed by atoms with E-state index >= 15 is 0 Å². The molecule has 0 saturated heterocycles. The summed E-state index contributed by atoms with van der Waals surface area (Å²) in [5.41, 5.74) is 2.40. The number of nitrogens with two attached hydrogens (primary N) is 1. The average Bonchev–Trinajstić information content (AvgIpc) is 2.98. The molecule has 0 aliphatic heterocycles. The predicted molar refractivity (Wildman–Crippen MR) is 98.9 cm³/mol. The second-order valence-corrected chi connectivity index (χ2v) is 6.56. The van der Waals surface area contributed by atoms with Crippen LogP contribution in [0.1, 0.15) is 5.56 Å². The highest BCUT2D eigenvalue weighted by Gasteiger charge is 2.14. The van der Waals surface area contributed by atoms with Crippen LogP contribution in [-0.2, 0) is 4.79 Å². The molecule has 0 unspecified atom stereocenters. The number of hydrogen-bond acceptors (Lipinski definition) is 6. The summed E-state index contributed by atoms with van der Waals surface area (Å²) in [5.74, 6) is 6.49. The summed E-state index contributed by atoms with van der Waals surface area (Å²) < 4.78 is 1.36. The Morgan fingerprint density at radius 3 is 2.76 bits per heavy atom. The number of thioether (sulfide) groups is 1. The standard InChI is InChI=1S/C16H15ClN6OS/c1-10-2-3-12(8-13(10)17)20-14(24)9-25-16-22-21-15(23(16)18)11-4-6-19-7-5-11/h2-8H,9,18H2,1H3,(H,20,24). The molecule has 2 heterocycles. The first-order chi connectivity index (χ1) is 12.0. The van der Waals surface area contributed by atoms with Crippen LogP contribution in [0.25, 0.3) is 11.4 Å². The smallest absolute Gasteiger partial charge is 0.234 e. The van der Waals surface area contributed by atoms with E-state index in [1.54, 1.807) is 36.7 Å². The van der Waals surface area contributed by atoms with Crippen molar-refractivity contribution in [3.63, 3.8) is 0 Å². The topological polar surface area (TPSA) is 98.7 Å². The molecular weight excluding hydrogens is 360 g/mol. The maximum absolute atomic E-state index is 12.1. The van der Waals surface area contributed by atoms with Gasteiger partial charge in [0.05, 0.1) is 5.75 Å². The van der Waals surface area contributed by atoms with Crippen LogP contribution in [0.5, 0.6) is 0 Å². The van der Waals surface area contributed by atoms with Crippen LogP contribution in [0.4, 0.5) is 5.69 Å². The molecular formula is C16H15ClN6OS. The molecule has 0 atom stereocenters. The van der Waals surface area contributed by atoms with Gasteiger partial charge in [0.2, 0.25) is 11.1 Å². The van der Waals surface area contributed by atoms with E-state index in [-0.39, 0.29) is 11.7 Å².